The first kappa shape index (κ1) is 24.9. The van der Waals surface area contributed by atoms with Gasteiger partial charge in [-0.3, -0.25) is 0 Å². The van der Waals surface area contributed by atoms with Gasteiger partial charge in [-0.15, -0.1) is 0 Å². The van der Waals surface area contributed by atoms with Gasteiger partial charge in [-0.25, -0.2) is 0 Å². The largest absolute Gasteiger partial charge is 0.388 e. The summed E-state index contributed by atoms with van der Waals surface area (Å²) in [7, 11) is 0. The Hall–Kier alpha value is -0.400. The zero-order chi connectivity index (χ0) is 21.9. The molecule has 2 fully saturated rings. The Kier molecular flexibility index (Phi) is 9.23. The topological polar surface area (TPSA) is 158 Å². The van der Waals surface area contributed by atoms with Crippen LogP contribution in [0.4, 0.5) is 0 Å². The van der Waals surface area contributed by atoms with Crippen LogP contribution in [0.3, 0.4) is 0 Å². The third-order valence-electron chi connectivity index (χ3n) is 5.84. The highest BCUT2D eigenvalue weighted by atomic mass is 16.7. The molecule has 0 unspecified atom stereocenters. The summed E-state index contributed by atoms with van der Waals surface area (Å²) in [4.78, 5) is 0. The minimum absolute atomic E-state index is 0.240. The van der Waals surface area contributed by atoms with Gasteiger partial charge in [-0.2, -0.15) is 0 Å². The van der Waals surface area contributed by atoms with Gasteiger partial charge in [0.25, 0.3) is 0 Å². The SMILES string of the molecule is CC[C@@H](CO[C@@H]1O[C@H](CO[C@@H]2O[C@@H](C)[C@H](O)[C@@H](O)[C@H]2O)[C@@H](O)[C@H](O)[C@H]1O)C(C)C. The van der Waals surface area contributed by atoms with Gasteiger partial charge in [-0.05, 0) is 18.8 Å². The summed E-state index contributed by atoms with van der Waals surface area (Å²) >= 11 is 0. The summed E-state index contributed by atoms with van der Waals surface area (Å²) in [5.41, 5.74) is 0. The minimum Gasteiger partial charge on any atom is -0.388 e. The Morgan fingerprint density at radius 1 is 0.759 bits per heavy atom. The fourth-order valence-electron chi connectivity index (χ4n) is 3.53. The highest BCUT2D eigenvalue weighted by molar-refractivity contribution is 4.91. The number of ether oxygens (including phenoxy) is 4. The summed E-state index contributed by atoms with van der Waals surface area (Å²) in [5.74, 6) is 0.605. The van der Waals surface area contributed by atoms with Crippen molar-refractivity contribution in [3.8, 4) is 0 Å². The molecule has 0 aromatic heterocycles. The molecule has 6 N–H and O–H groups in total. The first-order chi connectivity index (χ1) is 13.6. The van der Waals surface area contributed by atoms with E-state index in [1.54, 1.807) is 0 Å². The van der Waals surface area contributed by atoms with Gasteiger partial charge >= 0.3 is 0 Å². The van der Waals surface area contributed by atoms with E-state index in [1.165, 1.54) is 6.92 Å². The van der Waals surface area contributed by atoms with Gasteiger partial charge in [0.05, 0.1) is 19.3 Å². The van der Waals surface area contributed by atoms with E-state index < -0.39 is 61.4 Å². The van der Waals surface area contributed by atoms with E-state index in [2.05, 4.69) is 13.8 Å². The smallest absolute Gasteiger partial charge is 0.186 e. The van der Waals surface area contributed by atoms with Gasteiger partial charge in [0.1, 0.15) is 42.7 Å². The van der Waals surface area contributed by atoms with Crippen molar-refractivity contribution in [3.63, 3.8) is 0 Å². The van der Waals surface area contributed by atoms with E-state index in [-0.39, 0.29) is 12.5 Å². The van der Waals surface area contributed by atoms with E-state index in [1.807, 2.05) is 6.92 Å². The Labute approximate surface area is 171 Å². The molecule has 172 valence electrons. The fourth-order valence-corrected chi connectivity index (χ4v) is 3.53. The molecule has 11 atom stereocenters. The second-order valence-electron chi connectivity index (χ2n) is 8.28. The van der Waals surface area contributed by atoms with E-state index in [9.17, 15) is 30.6 Å². The zero-order valence-electron chi connectivity index (χ0n) is 17.4. The molecular formula is C19H36O10. The van der Waals surface area contributed by atoms with E-state index in [4.69, 9.17) is 18.9 Å². The molecule has 0 radical (unpaired) electrons. The van der Waals surface area contributed by atoms with Crippen molar-refractivity contribution >= 4 is 0 Å². The van der Waals surface area contributed by atoms with Crippen molar-refractivity contribution in [1.82, 2.24) is 0 Å². The highest BCUT2D eigenvalue weighted by Crippen LogP contribution is 2.26. The molecule has 2 aliphatic rings. The van der Waals surface area contributed by atoms with Crippen molar-refractivity contribution < 1.29 is 49.6 Å². The second kappa shape index (κ2) is 10.8. The quantitative estimate of drug-likeness (QED) is 0.266. The lowest BCUT2D eigenvalue weighted by Gasteiger charge is -2.42. The molecule has 0 bridgehead atoms. The predicted octanol–water partition coefficient (Wildman–Crippen LogP) is -1.66. The molecule has 29 heavy (non-hydrogen) atoms. The summed E-state index contributed by atoms with van der Waals surface area (Å²) in [6, 6.07) is 0. The number of aliphatic hydroxyl groups is 6. The van der Waals surface area contributed by atoms with E-state index >= 15 is 0 Å². The van der Waals surface area contributed by atoms with Crippen LogP contribution in [0.2, 0.25) is 0 Å². The Balaban J connectivity index is 1.95. The van der Waals surface area contributed by atoms with Crippen LogP contribution in [0.5, 0.6) is 0 Å². The molecule has 2 heterocycles. The monoisotopic (exact) mass is 424 g/mol. The second-order valence-corrected chi connectivity index (χ2v) is 8.28. The summed E-state index contributed by atoms with van der Waals surface area (Å²) in [5, 5.41) is 60.1. The van der Waals surface area contributed by atoms with Crippen LogP contribution in [-0.4, -0.2) is 105 Å². The number of aliphatic hydroxyl groups excluding tert-OH is 6. The molecule has 0 aromatic carbocycles. The number of hydrogen-bond acceptors (Lipinski definition) is 10. The standard InChI is InChI=1S/C19H36O10/c1-5-10(8(2)3)6-26-19-17(25)15(23)13(21)11(29-19)7-27-18-16(24)14(22)12(20)9(4)28-18/h8-25H,5-7H2,1-4H3/t9-,10-,11+,12-,13+,14+,15-,16+,17+,18+,19+/m0/s1. The van der Waals surface area contributed by atoms with Gasteiger partial charge in [-0.1, -0.05) is 27.2 Å². The van der Waals surface area contributed by atoms with Crippen LogP contribution in [0.25, 0.3) is 0 Å². The van der Waals surface area contributed by atoms with Crippen molar-refractivity contribution in [2.24, 2.45) is 11.8 Å². The van der Waals surface area contributed by atoms with Crippen molar-refractivity contribution in [3.05, 3.63) is 0 Å². The third kappa shape index (κ3) is 5.85. The Bertz CT molecular complexity index is 492. The lowest BCUT2D eigenvalue weighted by atomic mass is 9.94. The minimum atomic E-state index is -1.51. The zero-order valence-corrected chi connectivity index (χ0v) is 17.4. The molecule has 0 aromatic rings. The molecule has 0 saturated carbocycles. The van der Waals surface area contributed by atoms with Crippen LogP contribution in [0.1, 0.15) is 34.1 Å². The maximum absolute atomic E-state index is 10.2. The lowest BCUT2D eigenvalue weighted by molar-refractivity contribution is -0.329. The fraction of sp³-hybridized carbons (Fsp3) is 1.00. The molecular weight excluding hydrogens is 388 g/mol. The Morgan fingerprint density at radius 3 is 1.86 bits per heavy atom. The maximum Gasteiger partial charge on any atom is 0.186 e. The van der Waals surface area contributed by atoms with Crippen molar-refractivity contribution in [2.45, 2.75) is 95.5 Å². The first-order valence-electron chi connectivity index (χ1n) is 10.2. The summed E-state index contributed by atoms with van der Waals surface area (Å²) < 4.78 is 22.0. The van der Waals surface area contributed by atoms with Crippen LogP contribution in [0.15, 0.2) is 0 Å². The van der Waals surface area contributed by atoms with Gasteiger partial charge in [0.2, 0.25) is 0 Å². The molecule has 0 spiro atoms. The predicted molar refractivity (Wildman–Crippen MR) is 99.6 cm³/mol. The molecule has 2 saturated heterocycles. The molecule has 0 aliphatic carbocycles. The highest BCUT2D eigenvalue weighted by Gasteiger charge is 2.46. The van der Waals surface area contributed by atoms with Crippen LogP contribution >= 0.6 is 0 Å². The summed E-state index contributed by atoms with van der Waals surface area (Å²) in [6.07, 6.45) is -12.0. The molecule has 2 aliphatic heterocycles. The van der Waals surface area contributed by atoms with Crippen molar-refractivity contribution in [2.75, 3.05) is 13.2 Å². The molecule has 10 nitrogen and oxygen atoms in total. The van der Waals surface area contributed by atoms with Gasteiger partial charge in [0.15, 0.2) is 12.6 Å². The maximum atomic E-state index is 10.2. The lowest BCUT2D eigenvalue weighted by Crippen LogP contribution is -2.61. The number of hydrogen-bond donors (Lipinski definition) is 6. The average Bonchev–Trinajstić information content (AvgIpc) is 2.68. The third-order valence-corrected chi connectivity index (χ3v) is 5.84. The molecule has 0 amide bonds. The molecule has 2 rings (SSSR count). The van der Waals surface area contributed by atoms with Crippen molar-refractivity contribution in [1.29, 1.82) is 0 Å². The Morgan fingerprint density at radius 2 is 1.31 bits per heavy atom. The summed E-state index contributed by atoms with van der Waals surface area (Å²) in [6.45, 7) is 7.69. The van der Waals surface area contributed by atoms with E-state index in [0.29, 0.717) is 12.5 Å². The van der Waals surface area contributed by atoms with Crippen LogP contribution in [-0.2, 0) is 18.9 Å². The van der Waals surface area contributed by atoms with Crippen LogP contribution < -0.4 is 0 Å². The van der Waals surface area contributed by atoms with Crippen LogP contribution in [0, 0.1) is 11.8 Å². The first-order valence-corrected chi connectivity index (χ1v) is 10.2. The van der Waals surface area contributed by atoms with Gasteiger partial charge < -0.3 is 49.6 Å². The average molecular weight is 424 g/mol. The van der Waals surface area contributed by atoms with Gasteiger partial charge in [0, 0.05) is 0 Å². The normalized spacial score (nSPS) is 44.8. The molecule has 10 heteroatoms. The van der Waals surface area contributed by atoms with E-state index in [0.717, 1.165) is 6.42 Å². The number of rotatable bonds is 8.